The van der Waals surface area contributed by atoms with Crippen LogP contribution in [0.25, 0.3) is 10.8 Å². The minimum Gasteiger partial charge on any atom is -0.480 e. The molecule has 0 aliphatic carbocycles. The van der Waals surface area contributed by atoms with Crippen molar-refractivity contribution in [3.8, 4) is 5.75 Å². The Morgan fingerprint density at radius 2 is 1.67 bits per heavy atom. The van der Waals surface area contributed by atoms with Gasteiger partial charge in [0.05, 0.1) is 12.2 Å². The summed E-state index contributed by atoms with van der Waals surface area (Å²) in [5, 5.41) is 4.89. The monoisotopic (exact) mass is 405 g/mol. The number of fused-ring (bicyclic) bond motifs is 1. The lowest BCUT2D eigenvalue weighted by molar-refractivity contribution is -0.122. The summed E-state index contributed by atoms with van der Waals surface area (Å²) < 4.78 is 11.2. The Morgan fingerprint density at radius 3 is 2.40 bits per heavy atom. The molecule has 0 unspecified atom stereocenters. The van der Waals surface area contributed by atoms with Gasteiger partial charge in [-0.25, -0.2) is 4.79 Å². The Bertz CT molecular complexity index is 992. The number of rotatable bonds is 9. The molecular weight excluding hydrogens is 378 g/mol. The standard InChI is InChI=1S/C25H27NO4/c1-3-5-17-29-25(28)19-13-15-20(16-14-19)26-24(27)22(4-2)30-23-12-8-10-18-9-6-7-11-21(18)23/h6-16,22H,3-5,17H2,1-2H3,(H,26,27)/t22-/m0/s1. The predicted octanol–water partition coefficient (Wildman–Crippen LogP) is 5.59. The van der Waals surface area contributed by atoms with Crippen LogP contribution in [-0.2, 0) is 9.53 Å². The molecule has 1 N–H and O–H groups in total. The average molecular weight is 405 g/mol. The fraction of sp³-hybridized carbons (Fsp3) is 0.280. The molecule has 0 radical (unpaired) electrons. The van der Waals surface area contributed by atoms with Crippen LogP contribution < -0.4 is 10.1 Å². The van der Waals surface area contributed by atoms with Crippen LogP contribution in [0.1, 0.15) is 43.5 Å². The van der Waals surface area contributed by atoms with Crippen molar-refractivity contribution < 1.29 is 19.1 Å². The van der Waals surface area contributed by atoms with E-state index in [1.54, 1.807) is 24.3 Å². The van der Waals surface area contributed by atoms with Crippen molar-refractivity contribution in [1.29, 1.82) is 0 Å². The first kappa shape index (κ1) is 21.4. The zero-order valence-electron chi connectivity index (χ0n) is 17.4. The quantitative estimate of drug-likeness (QED) is 0.372. The number of hydrogen-bond acceptors (Lipinski definition) is 4. The van der Waals surface area contributed by atoms with Gasteiger partial charge in [0.25, 0.3) is 5.91 Å². The molecule has 0 bridgehead atoms. The van der Waals surface area contributed by atoms with Crippen LogP contribution in [0, 0.1) is 0 Å². The third-order valence-electron chi connectivity index (χ3n) is 4.80. The fourth-order valence-electron chi connectivity index (χ4n) is 3.08. The molecule has 1 amide bonds. The molecule has 3 aromatic carbocycles. The SMILES string of the molecule is CCCCOC(=O)c1ccc(NC(=O)[C@H](CC)Oc2cccc3ccccc23)cc1. The van der Waals surface area contributed by atoms with Crippen molar-refractivity contribution in [1.82, 2.24) is 0 Å². The summed E-state index contributed by atoms with van der Waals surface area (Å²) in [6, 6.07) is 20.4. The van der Waals surface area contributed by atoms with Crippen molar-refractivity contribution in [3.63, 3.8) is 0 Å². The van der Waals surface area contributed by atoms with Crippen LogP contribution in [0.15, 0.2) is 66.7 Å². The maximum absolute atomic E-state index is 12.7. The van der Waals surface area contributed by atoms with Crippen molar-refractivity contribution in [3.05, 3.63) is 72.3 Å². The molecule has 0 aliphatic rings. The number of esters is 1. The summed E-state index contributed by atoms with van der Waals surface area (Å²) in [5.74, 6) is 0.0935. The number of carbonyl (C=O) groups excluding carboxylic acids is 2. The van der Waals surface area contributed by atoms with E-state index in [4.69, 9.17) is 9.47 Å². The number of benzene rings is 3. The molecule has 3 rings (SSSR count). The van der Waals surface area contributed by atoms with Crippen LogP contribution in [0.2, 0.25) is 0 Å². The van der Waals surface area contributed by atoms with Crippen LogP contribution in [-0.4, -0.2) is 24.6 Å². The van der Waals surface area contributed by atoms with E-state index in [9.17, 15) is 9.59 Å². The minimum atomic E-state index is -0.630. The number of carbonyl (C=O) groups is 2. The van der Waals surface area contributed by atoms with Gasteiger partial charge in [0.2, 0.25) is 0 Å². The first-order valence-electron chi connectivity index (χ1n) is 10.3. The summed E-state index contributed by atoms with van der Waals surface area (Å²) in [6.07, 6.45) is 1.71. The Morgan fingerprint density at radius 1 is 0.933 bits per heavy atom. The van der Waals surface area contributed by atoms with E-state index in [-0.39, 0.29) is 11.9 Å². The molecule has 0 heterocycles. The molecule has 0 saturated carbocycles. The Hall–Kier alpha value is -3.34. The highest BCUT2D eigenvalue weighted by Gasteiger charge is 2.19. The summed E-state index contributed by atoms with van der Waals surface area (Å²) >= 11 is 0. The second-order valence-corrected chi connectivity index (χ2v) is 7.05. The van der Waals surface area contributed by atoms with Crippen molar-refractivity contribution in [2.45, 2.75) is 39.2 Å². The van der Waals surface area contributed by atoms with Crippen LogP contribution >= 0.6 is 0 Å². The highest BCUT2D eigenvalue weighted by Crippen LogP contribution is 2.26. The van der Waals surface area contributed by atoms with Crippen LogP contribution in [0.5, 0.6) is 5.75 Å². The smallest absolute Gasteiger partial charge is 0.338 e. The first-order chi connectivity index (χ1) is 14.6. The van der Waals surface area contributed by atoms with Gasteiger partial charge in [-0.2, -0.15) is 0 Å². The van der Waals surface area contributed by atoms with Gasteiger partial charge in [0, 0.05) is 11.1 Å². The van der Waals surface area contributed by atoms with E-state index in [1.807, 2.05) is 56.3 Å². The van der Waals surface area contributed by atoms with Gasteiger partial charge >= 0.3 is 5.97 Å². The predicted molar refractivity (Wildman–Crippen MR) is 119 cm³/mol. The molecule has 0 saturated heterocycles. The fourth-order valence-corrected chi connectivity index (χ4v) is 3.08. The van der Waals surface area contributed by atoms with Crippen molar-refractivity contribution >= 4 is 28.3 Å². The van der Waals surface area contributed by atoms with E-state index < -0.39 is 6.10 Å². The molecule has 156 valence electrons. The van der Waals surface area contributed by atoms with Crippen molar-refractivity contribution in [2.24, 2.45) is 0 Å². The van der Waals surface area contributed by atoms with E-state index in [0.29, 0.717) is 30.0 Å². The lowest BCUT2D eigenvalue weighted by Crippen LogP contribution is -2.32. The number of anilines is 1. The van der Waals surface area contributed by atoms with E-state index >= 15 is 0 Å². The number of unbranched alkanes of at least 4 members (excludes halogenated alkanes) is 1. The highest BCUT2D eigenvalue weighted by atomic mass is 16.5. The topological polar surface area (TPSA) is 64.6 Å². The zero-order chi connectivity index (χ0) is 21.3. The van der Waals surface area contributed by atoms with E-state index in [1.165, 1.54) is 0 Å². The lowest BCUT2D eigenvalue weighted by atomic mass is 10.1. The summed E-state index contributed by atoms with van der Waals surface area (Å²) in [7, 11) is 0. The second kappa shape index (κ2) is 10.4. The minimum absolute atomic E-state index is 0.233. The third-order valence-corrected chi connectivity index (χ3v) is 4.80. The molecule has 0 spiro atoms. The second-order valence-electron chi connectivity index (χ2n) is 7.05. The third kappa shape index (κ3) is 5.38. The normalized spacial score (nSPS) is 11.7. The Labute approximate surface area is 177 Å². The van der Waals surface area contributed by atoms with E-state index in [2.05, 4.69) is 5.32 Å². The van der Waals surface area contributed by atoms with Gasteiger partial charge in [-0.05, 0) is 48.6 Å². The molecule has 5 heteroatoms. The summed E-state index contributed by atoms with van der Waals surface area (Å²) in [6.45, 7) is 4.36. The number of nitrogens with one attached hydrogen (secondary N) is 1. The van der Waals surface area contributed by atoms with Gasteiger partial charge < -0.3 is 14.8 Å². The van der Waals surface area contributed by atoms with Gasteiger partial charge in [-0.3, -0.25) is 4.79 Å². The molecule has 30 heavy (non-hydrogen) atoms. The molecule has 0 fully saturated rings. The van der Waals surface area contributed by atoms with Gasteiger partial charge in [-0.15, -0.1) is 0 Å². The average Bonchev–Trinajstić information content (AvgIpc) is 2.78. The largest absolute Gasteiger partial charge is 0.480 e. The molecule has 1 atom stereocenters. The lowest BCUT2D eigenvalue weighted by Gasteiger charge is -2.18. The Kier molecular flexibility index (Phi) is 7.44. The van der Waals surface area contributed by atoms with E-state index in [0.717, 1.165) is 23.6 Å². The van der Waals surface area contributed by atoms with Crippen molar-refractivity contribution in [2.75, 3.05) is 11.9 Å². The maximum Gasteiger partial charge on any atom is 0.338 e. The number of hydrogen-bond donors (Lipinski definition) is 1. The number of amides is 1. The summed E-state index contributed by atoms with van der Waals surface area (Å²) in [5.41, 5.74) is 1.06. The molecule has 5 nitrogen and oxygen atoms in total. The zero-order valence-corrected chi connectivity index (χ0v) is 17.4. The van der Waals surface area contributed by atoms with Gasteiger partial charge in [-0.1, -0.05) is 56.7 Å². The van der Waals surface area contributed by atoms with Crippen LogP contribution in [0.4, 0.5) is 5.69 Å². The summed E-state index contributed by atoms with van der Waals surface area (Å²) in [4.78, 5) is 24.7. The Balaban J connectivity index is 1.64. The van der Waals surface area contributed by atoms with Crippen LogP contribution in [0.3, 0.4) is 0 Å². The highest BCUT2D eigenvalue weighted by molar-refractivity contribution is 5.96. The molecule has 0 aromatic heterocycles. The van der Waals surface area contributed by atoms with Gasteiger partial charge in [0.15, 0.2) is 6.10 Å². The molecule has 3 aromatic rings. The molecule has 0 aliphatic heterocycles. The first-order valence-corrected chi connectivity index (χ1v) is 10.3. The number of ether oxygens (including phenoxy) is 2. The van der Waals surface area contributed by atoms with Gasteiger partial charge in [0.1, 0.15) is 5.75 Å². The maximum atomic E-state index is 12.7. The molecular formula is C25H27NO4.